The van der Waals surface area contributed by atoms with Crippen LogP contribution in [0.3, 0.4) is 0 Å². The molecular weight excluding hydrogens is 218 g/mol. The van der Waals surface area contributed by atoms with Gasteiger partial charge in [-0.25, -0.2) is 0 Å². The summed E-state index contributed by atoms with van der Waals surface area (Å²) in [5.41, 5.74) is 5.35. The fraction of sp³-hybridized carbons (Fsp3) is 0.118. The van der Waals surface area contributed by atoms with Crippen molar-refractivity contribution >= 4 is 12.2 Å². The summed E-state index contributed by atoms with van der Waals surface area (Å²) >= 11 is 0. The van der Waals surface area contributed by atoms with E-state index < -0.39 is 0 Å². The lowest BCUT2D eigenvalue weighted by Crippen LogP contribution is -1.83. The van der Waals surface area contributed by atoms with Crippen LogP contribution in [0.1, 0.15) is 27.8 Å². The first kappa shape index (κ1) is 12.1. The van der Waals surface area contributed by atoms with Crippen molar-refractivity contribution in [2.75, 3.05) is 0 Å². The molecule has 0 radical (unpaired) electrons. The van der Waals surface area contributed by atoms with Gasteiger partial charge in [-0.2, -0.15) is 5.26 Å². The molecule has 0 aliphatic heterocycles. The second-order valence-corrected chi connectivity index (χ2v) is 4.39. The van der Waals surface area contributed by atoms with Crippen molar-refractivity contribution in [3.63, 3.8) is 0 Å². The van der Waals surface area contributed by atoms with Gasteiger partial charge in [0.25, 0.3) is 0 Å². The van der Waals surface area contributed by atoms with Crippen molar-refractivity contribution in [1.29, 1.82) is 5.26 Å². The topological polar surface area (TPSA) is 23.8 Å². The van der Waals surface area contributed by atoms with Crippen LogP contribution in [0.15, 0.2) is 42.5 Å². The predicted octanol–water partition coefficient (Wildman–Crippen LogP) is 4.35. The Morgan fingerprint density at radius 2 is 1.67 bits per heavy atom. The number of hydrogen-bond acceptors (Lipinski definition) is 1. The molecule has 0 aliphatic rings. The Hall–Kier alpha value is -2.33. The number of rotatable bonds is 2. The molecule has 0 amide bonds. The fourth-order valence-corrected chi connectivity index (χ4v) is 1.86. The zero-order valence-electron chi connectivity index (χ0n) is 10.6. The van der Waals surface area contributed by atoms with E-state index in [0.717, 1.165) is 5.56 Å². The van der Waals surface area contributed by atoms with Gasteiger partial charge in [-0.05, 0) is 36.6 Å². The van der Waals surface area contributed by atoms with Gasteiger partial charge >= 0.3 is 0 Å². The van der Waals surface area contributed by atoms with Gasteiger partial charge < -0.3 is 0 Å². The summed E-state index contributed by atoms with van der Waals surface area (Å²) in [6.07, 6.45) is 4.07. The molecule has 0 saturated heterocycles. The smallest absolute Gasteiger partial charge is 0.0997 e. The molecule has 0 saturated carbocycles. The molecule has 1 nitrogen and oxygen atoms in total. The minimum Gasteiger partial charge on any atom is -0.192 e. The summed E-state index contributed by atoms with van der Waals surface area (Å²) in [6.45, 7) is 4.18. The minimum atomic E-state index is 0.707. The van der Waals surface area contributed by atoms with E-state index in [2.05, 4.69) is 44.2 Å². The van der Waals surface area contributed by atoms with Crippen LogP contribution in [0, 0.1) is 25.2 Å². The van der Waals surface area contributed by atoms with Crippen LogP contribution in [0.25, 0.3) is 12.2 Å². The molecule has 0 aliphatic carbocycles. The van der Waals surface area contributed by atoms with E-state index in [9.17, 15) is 0 Å². The summed E-state index contributed by atoms with van der Waals surface area (Å²) in [6, 6.07) is 16.2. The molecule has 18 heavy (non-hydrogen) atoms. The number of nitrogens with zero attached hydrogens (tertiary/aromatic N) is 1. The van der Waals surface area contributed by atoms with Gasteiger partial charge in [0.2, 0.25) is 0 Å². The normalized spacial score (nSPS) is 10.5. The lowest BCUT2D eigenvalue weighted by atomic mass is 10.0. The molecule has 2 aromatic carbocycles. The Bertz CT molecular complexity index is 630. The Kier molecular flexibility index (Phi) is 3.60. The first-order valence-corrected chi connectivity index (χ1v) is 5.95. The Morgan fingerprint density at radius 3 is 2.44 bits per heavy atom. The third kappa shape index (κ3) is 2.67. The third-order valence-electron chi connectivity index (χ3n) is 2.96. The highest BCUT2D eigenvalue weighted by Crippen LogP contribution is 2.16. The SMILES string of the molecule is Cc1ccc(C)c(/C=C/c2ccccc2C#N)c1. The lowest BCUT2D eigenvalue weighted by molar-refractivity contribution is 1.38. The molecule has 2 rings (SSSR count). The van der Waals surface area contributed by atoms with Gasteiger partial charge in [0.1, 0.15) is 0 Å². The quantitative estimate of drug-likeness (QED) is 0.707. The maximum Gasteiger partial charge on any atom is 0.0997 e. The molecule has 0 heterocycles. The molecular formula is C17H15N. The number of nitriles is 1. The van der Waals surface area contributed by atoms with Gasteiger partial charge in [0.05, 0.1) is 11.6 Å². The van der Waals surface area contributed by atoms with Gasteiger partial charge in [-0.15, -0.1) is 0 Å². The van der Waals surface area contributed by atoms with Crippen LogP contribution in [0.2, 0.25) is 0 Å². The van der Waals surface area contributed by atoms with E-state index in [0.29, 0.717) is 5.56 Å². The number of aryl methyl sites for hydroxylation is 2. The van der Waals surface area contributed by atoms with Crippen LogP contribution in [-0.2, 0) is 0 Å². The molecule has 0 fully saturated rings. The molecule has 0 bridgehead atoms. The van der Waals surface area contributed by atoms with Gasteiger partial charge in [0, 0.05) is 0 Å². The molecule has 2 aromatic rings. The Morgan fingerprint density at radius 1 is 0.944 bits per heavy atom. The zero-order valence-corrected chi connectivity index (χ0v) is 10.6. The number of hydrogen-bond donors (Lipinski definition) is 0. The summed E-state index contributed by atoms with van der Waals surface area (Å²) in [7, 11) is 0. The standard InChI is InChI=1S/C17H15N/c1-13-7-8-14(2)16(11-13)10-9-15-5-3-4-6-17(15)12-18/h3-11H,1-2H3/b10-9+. The predicted molar refractivity (Wildman–Crippen MR) is 76.0 cm³/mol. The van der Waals surface area contributed by atoms with Crippen molar-refractivity contribution in [3.05, 3.63) is 70.3 Å². The maximum atomic E-state index is 9.03. The lowest BCUT2D eigenvalue weighted by Gasteiger charge is -2.02. The third-order valence-corrected chi connectivity index (χ3v) is 2.96. The second kappa shape index (κ2) is 5.33. The van der Waals surface area contributed by atoms with Gasteiger partial charge in [-0.3, -0.25) is 0 Å². The van der Waals surface area contributed by atoms with E-state index in [1.54, 1.807) is 0 Å². The van der Waals surface area contributed by atoms with E-state index in [1.165, 1.54) is 16.7 Å². The highest BCUT2D eigenvalue weighted by atomic mass is 14.2. The Labute approximate surface area is 108 Å². The van der Waals surface area contributed by atoms with Gasteiger partial charge in [0.15, 0.2) is 0 Å². The van der Waals surface area contributed by atoms with Crippen molar-refractivity contribution in [2.45, 2.75) is 13.8 Å². The molecule has 0 spiro atoms. The average Bonchev–Trinajstić information content (AvgIpc) is 2.40. The van der Waals surface area contributed by atoms with E-state index in [-0.39, 0.29) is 0 Å². The average molecular weight is 233 g/mol. The monoisotopic (exact) mass is 233 g/mol. The van der Waals surface area contributed by atoms with E-state index in [4.69, 9.17) is 5.26 Å². The highest BCUT2D eigenvalue weighted by molar-refractivity contribution is 5.73. The first-order valence-electron chi connectivity index (χ1n) is 5.95. The molecule has 88 valence electrons. The first-order chi connectivity index (χ1) is 8.70. The summed E-state index contributed by atoms with van der Waals surface area (Å²) in [4.78, 5) is 0. The van der Waals surface area contributed by atoms with Crippen LogP contribution in [0.5, 0.6) is 0 Å². The van der Waals surface area contributed by atoms with Crippen LogP contribution >= 0.6 is 0 Å². The Balaban J connectivity index is 2.36. The van der Waals surface area contributed by atoms with Crippen LogP contribution in [-0.4, -0.2) is 0 Å². The van der Waals surface area contributed by atoms with Crippen molar-refractivity contribution in [2.24, 2.45) is 0 Å². The summed E-state index contributed by atoms with van der Waals surface area (Å²) in [5, 5.41) is 9.03. The largest absolute Gasteiger partial charge is 0.192 e. The van der Waals surface area contributed by atoms with E-state index in [1.807, 2.05) is 30.3 Å². The zero-order chi connectivity index (χ0) is 13.0. The number of benzene rings is 2. The van der Waals surface area contributed by atoms with Gasteiger partial charge in [-0.1, -0.05) is 54.1 Å². The highest BCUT2D eigenvalue weighted by Gasteiger charge is 1.97. The fourth-order valence-electron chi connectivity index (χ4n) is 1.86. The van der Waals surface area contributed by atoms with Crippen LogP contribution < -0.4 is 0 Å². The van der Waals surface area contributed by atoms with Crippen molar-refractivity contribution in [1.82, 2.24) is 0 Å². The molecule has 1 heteroatoms. The molecule has 0 N–H and O–H groups in total. The minimum absolute atomic E-state index is 0.707. The van der Waals surface area contributed by atoms with E-state index >= 15 is 0 Å². The second-order valence-electron chi connectivity index (χ2n) is 4.39. The van der Waals surface area contributed by atoms with Crippen molar-refractivity contribution in [3.8, 4) is 6.07 Å². The van der Waals surface area contributed by atoms with Crippen molar-refractivity contribution < 1.29 is 0 Å². The molecule has 0 atom stereocenters. The molecule has 0 unspecified atom stereocenters. The maximum absolute atomic E-state index is 9.03. The van der Waals surface area contributed by atoms with Crippen LogP contribution in [0.4, 0.5) is 0 Å². The molecule has 0 aromatic heterocycles. The summed E-state index contributed by atoms with van der Waals surface area (Å²) in [5.74, 6) is 0. The summed E-state index contributed by atoms with van der Waals surface area (Å²) < 4.78 is 0.